The molecule has 74 valence electrons. The molecule has 0 aliphatic carbocycles. The van der Waals surface area contributed by atoms with E-state index in [2.05, 4.69) is 10.6 Å². The summed E-state index contributed by atoms with van der Waals surface area (Å²) in [6.07, 6.45) is 0. The van der Waals surface area contributed by atoms with Gasteiger partial charge in [0.1, 0.15) is 0 Å². The molecule has 4 heteroatoms. The average molecular weight is 192 g/mol. The van der Waals surface area contributed by atoms with Crippen LogP contribution in [-0.2, 0) is 9.59 Å². The first kappa shape index (κ1) is 10.2. The van der Waals surface area contributed by atoms with Gasteiger partial charge in [-0.15, -0.1) is 0 Å². The molecule has 0 aromatic heterocycles. The number of hydrogen-bond acceptors (Lipinski definition) is 2. The molecule has 0 radical (unpaired) electrons. The van der Waals surface area contributed by atoms with Crippen molar-refractivity contribution in [2.45, 2.75) is 13.8 Å². The van der Waals surface area contributed by atoms with Crippen LogP contribution < -0.4 is 10.6 Å². The Morgan fingerprint density at radius 2 is 1.29 bits per heavy atom. The van der Waals surface area contributed by atoms with Crippen molar-refractivity contribution in [2.24, 2.45) is 0 Å². The van der Waals surface area contributed by atoms with Crippen LogP contribution in [0.5, 0.6) is 0 Å². The minimum atomic E-state index is -0.164. The van der Waals surface area contributed by atoms with E-state index in [1.807, 2.05) is 0 Å². The van der Waals surface area contributed by atoms with Gasteiger partial charge in [0.25, 0.3) is 0 Å². The van der Waals surface area contributed by atoms with Crippen molar-refractivity contribution < 1.29 is 9.59 Å². The Bertz CT molecular complexity index is 326. The van der Waals surface area contributed by atoms with Crippen LogP contribution in [-0.4, -0.2) is 11.8 Å². The van der Waals surface area contributed by atoms with E-state index in [0.29, 0.717) is 11.4 Å². The van der Waals surface area contributed by atoms with Crippen molar-refractivity contribution >= 4 is 23.2 Å². The number of carbonyl (C=O) groups excluding carboxylic acids is 2. The lowest BCUT2D eigenvalue weighted by atomic mass is 10.2. The smallest absolute Gasteiger partial charge is 0.221 e. The maximum Gasteiger partial charge on any atom is 0.221 e. The first-order valence-corrected chi connectivity index (χ1v) is 4.24. The zero-order chi connectivity index (χ0) is 10.6. The highest BCUT2D eigenvalue weighted by atomic mass is 16.2. The van der Waals surface area contributed by atoms with Crippen LogP contribution in [0.15, 0.2) is 24.3 Å². The SMILES string of the molecule is CC(=O)Nc1ccccc1NC(C)=O. The van der Waals surface area contributed by atoms with Crippen molar-refractivity contribution in [2.75, 3.05) is 10.6 Å². The fraction of sp³-hybridized carbons (Fsp3) is 0.200. The summed E-state index contributed by atoms with van der Waals surface area (Å²) in [4.78, 5) is 21.7. The Hall–Kier alpha value is -1.84. The molecule has 0 atom stereocenters. The minimum Gasteiger partial charge on any atom is -0.325 e. The highest BCUT2D eigenvalue weighted by molar-refractivity contribution is 5.97. The summed E-state index contributed by atoms with van der Waals surface area (Å²) in [5.41, 5.74) is 1.21. The van der Waals surface area contributed by atoms with Gasteiger partial charge in [-0.25, -0.2) is 0 Å². The molecular formula is C10H12N2O2. The molecule has 0 bridgehead atoms. The number of benzene rings is 1. The predicted molar refractivity (Wildman–Crippen MR) is 55.0 cm³/mol. The van der Waals surface area contributed by atoms with E-state index in [4.69, 9.17) is 0 Å². The summed E-state index contributed by atoms with van der Waals surface area (Å²) in [6.45, 7) is 2.84. The number of hydrogen-bond donors (Lipinski definition) is 2. The molecule has 14 heavy (non-hydrogen) atoms. The van der Waals surface area contributed by atoms with Gasteiger partial charge in [-0.3, -0.25) is 9.59 Å². The van der Waals surface area contributed by atoms with Crippen LogP contribution >= 0.6 is 0 Å². The van der Waals surface area contributed by atoms with Crippen molar-refractivity contribution in [3.63, 3.8) is 0 Å². The summed E-state index contributed by atoms with van der Waals surface area (Å²) in [5, 5.41) is 5.25. The zero-order valence-electron chi connectivity index (χ0n) is 8.13. The molecule has 0 aliphatic rings. The molecule has 2 amide bonds. The predicted octanol–water partition coefficient (Wildman–Crippen LogP) is 1.60. The lowest BCUT2D eigenvalue weighted by molar-refractivity contribution is -0.115. The molecule has 0 fully saturated rings. The van der Waals surface area contributed by atoms with E-state index in [9.17, 15) is 9.59 Å². The normalized spacial score (nSPS) is 9.29. The molecule has 0 aliphatic heterocycles. The van der Waals surface area contributed by atoms with E-state index < -0.39 is 0 Å². The number of amides is 2. The fourth-order valence-corrected chi connectivity index (χ4v) is 1.08. The number of anilines is 2. The van der Waals surface area contributed by atoms with Gasteiger partial charge in [0, 0.05) is 13.8 Å². The second kappa shape index (κ2) is 4.41. The Labute approximate surface area is 82.3 Å². The van der Waals surface area contributed by atoms with E-state index in [1.165, 1.54) is 13.8 Å². The Morgan fingerprint density at radius 1 is 0.929 bits per heavy atom. The summed E-state index contributed by atoms with van der Waals surface area (Å²) in [7, 11) is 0. The molecule has 0 saturated carbocycles. The van der Waals surface area contributed by atoms with Gasteiger partial charge in [-0.05, 0) is 12.1 Å². The zero-order valence-corrected chi connectivity index (χ0v) is 8.13. The monoisotopic (exact) mass is 192 g/mol. The van der Waals surface area contributed by atoms with Gasteiger partial charge < -0.3 is 10.6 Å². The molecule has 1 rings (SSSR count). The first-order valence-electron chi connectivity index (χ1n) is 4.24. The van der Waals surface area contributed by atoms with Crippen LogP contribution in [0.25, 0.3) is 0 Å². The van der Waals surface area contributed by atoms with Crippen molar-refractivity contribution in [1.29, 1.82) is 0 Å². The minimum absolute atomic E-state index is 0.164. The highest BCUT2D eigenvalue weighted by Crippen LogP contribution is 2.20. The van der Waals surface area contributed by atoms with Crippen LogP contribution in [0.3, 0.4) is 0 Å². The maximum atomic E-state index is 10.8. The third kappa shape index (κ3) is 2.90. The lowest BCUT2D eigenvalue weighted by Crippen LogP contribution is -2.11. The first-order chi connectivity index (χ1) is 6.59. The molecule has 0 unspecified atom stereocenters. The molecule has 2 N–H and O–H groups in total. The van der Waals surface area contributed by atoms with Crippen molar-refractivity contribution in [3.05, 3.63) is 24.3 Å². The van der Waals surface area contributed by atoms with Gasteiger partial charge in [-0.2, -0.15) is 0 Å². The second-order valence-electron chi connectivity index (χ2n) is 2.91. The summed E-state index contributed by atoms with van der Waals surface area (Å²) < 4.78 is 0. The van der Waals surface area contributed by atoms with E-state index >= 15 is 0 Å². The Balaban J connectivity index is 2.90. The molecule has 1 aromatic rings. The highest BCUT2D eigenvalue weighted by Gasteiger charge is 2.03. The molecule has 0 spiro atoms. The Kier molecular flexibility index (Phi) is 3.23. The van der Waals surface area contributed by atoms with Gasteiger partial charge >= 0.3 is 0 Å². The van der Waals surface area contributed by atoms with Gasteiger partial charge in [0.05, 0.1) is 11.4 Å². The number of nitrogens with one attached hydrogen (secondary N) is 2. The molecule has 1 aromatic carbocycles. The van der Waals surface area contributed by atoms with Gasteiger partial charge in [0.15, 0.2) is 0 Å². The average Bonchev–Trinajstić information content (AvgIpc) is 2.06. The number of rotatable bonds is 2. The maximum absolute atomic E-state index is 10.8. The van der Waals surface area contributed by atoms with Gasteiger partial charge in [0.2, 0.25) is 11.8 Å². The third-order valence-corrected chi connectivity index (χ3v) is 1.55. The molecule has 4 nitrogen and oxygen atoms in total. The van der Waals surface area contributed by atoms with E-state index in [-0.39, 0.29) is 11.8 Å². The van der Waals surface area contributed by atoms with Crippen molar-refractivity contribution in [1.82, 2.24) is 0 Å². The van der Waals surface area contributed by atoms with Crippen molar-refractivity contribution in [3.8, 4) is 0 Å². The summed E-state index contributed by atoms with van der Waals surface area (Å²) >= 11 is 0. The van der Waals surface area contributed by atoms with Crippen LogP contribution in [0.4, 0.5) is 11.4 Å². The van der Waals surface area contributed by atoms with Crippen LogP contribution in [0.2, 0.25) is 0 Å². The molecular weight excluding hydrogens is 180 g/mol. The number of carbonyl (C=O) groups is 2. The largest absolute Gasteiger partial charge is 0.325 e. The third-order valence-electron chi connectivity index (χ3n) is 1.55. The fourth-order valence-electron chi connectivity index (χ4n) is 1.08. The van der Waals surface area contributed by atoms with E-state index in [1.54, 1.807) is 24.3 Å². The summed E-state index contributed by atoms with van der Waals surface area (Å²) in [5.74, 6) is -0.328. The van der Waals surface area contributed by atoms with Crippen LogP contribution in [0, 0.1) is 0 Å². The standard InChI is InChI=1S/C10H12N2O2/c1-7(13)11-9-5-3-4-6-10(9)12-8(2)14/h3-6H,1-2H3,(H,11,13)(H,12,14). The summed E-state index contributed by atoms with van der Waals surface area (Å²) in [6, 6.07) is 7.03. The lowest BCUT2D eigenvalue weighted by Gasteiger charge is -2.09. The van der Waals surface area contributed by atoms with Gasteiger partial charge in [-0.1, -0.05) is 12.1 Å². The number of para-hydroxylation sites is 2. The second-order valence-corrected chi connectivity index (χ2v) is 2.91. The Morgan fingerprint density at radius 3 is 1.57 bits per heavy atom. The molecule has 0 saturated heterocycles. The molecule has 0 heterocycles. The van der Waals surface area contributed by atoms with E-state index in [0.717, 1.165) is 0 Å². The quantitative estimate of drug-likeness (QED) is 0.747. The topological polar surface area (TPSA) is 58.2 Å². The van der Waals surface area contributed by atoms with Crippen LogP contribution in [0.1, 0.15) is 13.8 Å².